The van der Waals surface area contributed by atoms with Gasteiger partial charge in [-0.3, -0.25) is 4.79 Å². The Balaban J connectivity index is 1.35. The summed E-state index contributed by atoms with van der Waals surface area (Å²) in [6.07, 6.45) is 1.51. The molecule has 1 N–H and O–H groups in total. The number of nitrogens with zero attached hydrogens (tertiary/aromatic N) is 2. The molecule has 2 aromatic heterocycles. The third kappa shape index (κ3) is 3.91. The van der Waals surface area contributed by atoms with Crippen LogP contribution in [0.1, 0.15) is 10.4 Å². The van der Waals surface area contributed by atoms with Gasteiger partial charge in [-0.1, -0.05) is 42.5 Å². The Morgan fingerprint density at radius 2 is 1.59 bits per heavy atom. The van der Waals surface area contributed by atoms with Crippen LogP contribution in [0.3, 0.4) is 0 Å². The normalized spacial score (nSPS) is 10.8. The van der Waals surface area contributed by atoms with Crippen molar-refractivity contribution < 1.29 is 18.0 Å². The van der Waals surface area contributed by atoms with E-state index in [4.69, 9.17) is 8.83 Å². The predicted molar refractivity (Wildman–Crippen MR) is 117 cm³/mol. The number of carbonyl (C=O) groups excluding carboxylic acids is 1. The van der Waals surface area contributed by atoms with Gasteiger partial charge in [0, 0.05) is 11.3 Å². The number of nitrogens with one attached hydrogen (secondary N) is 1. The van der Waals surface area contributed by atoms with Gasteiger partial charge in [-0.2, -0.15) is 0 Å². The lowest BCUT2D eigenvalue weighted by atomic mass is 10.0. The summed E-state index contributed by atoms with van der Waals surface area (Å²) in [5, 5.41) is 10.7. The first-order valence-electron chi connectivity index (χ1n) is 9.81. The SMILES string of the molecule is O=C(Nc1cccc(-c2nnc(-c3ccco3)o2)c1)c1ccc(-c2ccccc2)cc1F. The summed E-state index contributed by atoms with van der Waals surface area (Å²) in [6.45, 7) is 0. The van der Waals surface area contributed by atoms with Gasteiger partial charge in [0.05, 0.1) is 11.8 Å². The van der Waals surface area contributed by atoms with Crippen LogP contribution in [0.5, 0.6) is 0 Å². The van der Waals surface area contributed by atoms with E-state index in [1.54, 1.807) is 42.5 Å². The van der Waals surface area contributed by atoms with Crippen molar-refractivity contribution in [3.8, 4) is 34.2 Å². The molecule has 1 amide bonds. The minimum absolute atomic E-state index is 0.0482. The first kappa shape index (κ1) is 19.4. The Bertz CT molecular complexity index is 1380. The number of anilines is 1. The molecule has 5 rings (SSSR count). The number of benzene rings is 3. The Morgan fingerprint density at radius 1 is 0.781 bits per heavy atom. The molecule has 32 heavy (non-hydrogen) atoms. The first-order valence-corrected chi connectivity index (χ1v) is 9.81. The molecule has 6 nitrogen and oxygen atoms in total. The highest BCUT2D eigenvalue weighted by Gasteiger charge is 2.15. The molecule has 0 unspecified atom stereocenters. The Morgan fingerprint density at radius 3 is 2.38 bits per heavy atom. The number of hydrogen-bond donors (Lipinski definition) is 1. The van der Waals surface area contributed by atoms with Gasteiger partial charge in [0.2, 0.25) is 5.89 Å². The van der Waals surface area contributed by atoms with Crippen molar-refractivity contribution in [1.29, 1.82) is 0 Å². The zero-order valence-electron chi connectivity index (χ0n) is 16.7. The summed E-state index contributed by atoms with van der Waals surface area (Å²) in [6, 6.07) is 24.3. The van der Waals surface area contributed by atoms with Gasteiger partial charge in [0.25, 0.3) is 11.8 Å². The molecule has 3 aromatic carbocycles. The Labute approximate surface area is 182 Å². The van der Waals surface area contributed by atoms with Crippen LogP contribution >= 0.6 is 0 Å². The lowest BCUT2D eigenvalue weighted by molar-refractivity contribution is 0.102. The molecular formula is C25H16FN3O3. The molecule has 0 aliphatic rings. The number of halogens is 1. The number of amides is 1. The molecule has 0 saturated heterocycles. The molecule has 2 heterocycles. The number of rotatable bonds is 5. The van der Waals surface area contributed by atoms with E-state index in [0.29, 0.717) is 22.6 Å². The zero-order valence-corrected chi connectivity index (χ0v) is 16.7. The highest BCUT2D eigenvalue weighted by molar-refractivity contribution is 6.05. The van der Waals surface area contributed by atoms with Crippen LogP contribution in [0.25, 0.3) is 34.2 Å². The van der Waals surface area contributed by atoms with Crippen molar-refractivity contribution in [2.24, 2.45) is 0 Å². The van der Waals surface area contributed by atoms with Crippen molar-refractivity contribution in [2.75, 3.05) is 5.32 Å². The maximum atomic E-state index is 14.7. The largest absolute Gasteiger partial charge is 0.459 e. The van der Waals surface area contributed by atoms with E-state index in [1.165, 1.54) is 18.4 Å². The van der Waals surface area contributed by atoms with Crippen molar-refractivity contribution in [1.82, 2.24) is 10.2 Å². The van der Waals surface area contributed by atoms with Gasteiger partial charge in [-0.15, -0.1) is 10.2 Å². The van der Waals surface area contributed by atoms with E-state index in [9.17, 15) is 9.18 Å². The fraction of sp³-hybridized carbons (Fsp3) is 0. The fourth-order valence-electron chi connectivity index (χ4n) is 3.28. The molecule has 0 spiro atoms. The zero-order chi connectivity index (χ0) is 21.9. The monoisotopic (exact) mass is 425 g/mol. The summed E-state index contributed by atoms with van der Waals surface area (Å²) in [7, 11) is 0. The van der Waals surface area contributed by atoms with Crippen LogP contribution in [-0.2, 0) is 0 Å². The molecule has 0 bridgehead atoms. The molecule has 0 aliphatic heterocycles. The second-order valence-electron chi connectivity index (χ2n) is 6.99. The molecule has 0 aliphatic carbocycles. The number of aromatic nitrogens is 2. The highest BCUT2D eigenvalue weighted by atomic mass is 19.1. The standard InChI is InChI=1S/C25H16FN3O3/c26-21-15-17(16-6-2-1-3-7-16)11-12-20(21)23(30)27-19-9-4-8-18(14-19)24-28-29-25(32-24)22-10-5-13-31-22/h1-15H,(H,27,30). The lowest BCUT2D eigenvalue weighted by Crippen LogP contribution is -2.13. The van der Waals surface area contributed by atoms with E-state index in [1.807, 2.05) is 30.3 Å². The molecule has 0 atom stereocenters. The van der Waals surface area contributed by atoms with Crippen LogP contribution < -0.4 is 5.32 Å². The maximum absolute atomic E-state index is 14.7. The summed E-state index contributed by atoms with van der Waals surface area (Å²) in [5.74, 6) is -0.172. The molecule has 0 radical (unpaired) electrons. The topological polar surface area (TPSA) is 81.2 Å². The first-order chi connectivity index (χ1) is 15.7. The van der Waals surface area contributed by atoms with Gasteiger partial charge < -0.3 is 14.2 Å². The van der Waals surface area contributed by atoms with Gasteiger partial charge >= 0.3 is 0 Å². The van der Waals surface area contributed by atoms with E-state index in [-0.39, 0.29) is 17.3 Å². The Kier molecular flexibility index (Phi) is 5.05. The molecular weight excluding hydrogens is 409 g/mol. The molecule has 156 valence electrons. The maximum Gasteiger partial charge on any atom is 0.283 e. The number of hydrogen-bond acceptors (Lipinski definition) is 5. The van der Waals surface area contributed by atoms with Crippen LogP contribution in [0.15, 0.2) is 100 Å². The molecule has 7 heteroatoms. The van der Waals surface area contributed by atoms with E-state index in [0.717, 1.165) is 5.56 Å². The molecule has 0 fully saturated rings. The van der Waals surface area contributed by atoms with Crippen molar-refractivity contribution in [2.45, 2.75) is 0 Å². The summed E-state index contributed by atoms with van der Waals surface area (Å²) >= 11 is 0. The van der Waals surface area contributed by atoms with Crippen LogP contribution in [0, 0.1) is 5.82 Å². The third-order valence-corrected chi connectivity index (χ3v) is 4.85. The lowest BCUT2D eigenvalue weighted by Gasteiger charge is -2.09. The summed E-state index contributed by atoms with van der Waals surface area (Å²) in [5.41, 5.74) is 2.60. The minimum Gasteiger partial charge on any atom is -0.459 e. The predicted octanol–water partition coefficient (Wildman–Crippen LogP) is 6.06. The minimum atomic E-state index is -0.597. The second kappa shape index (κ2) is 8.31. The quantitative estimate of drug-likeness (QED) is 0.370. The van der Waals surface area contributed by atoms with Crippen LogP contribution in [-0.4, -0.2) is 16.1 Å². The van der Waals surface area contributed by atoms with E-state index < -0.39 is 11.7 Å². The molecule has 5 aromatic rings. The van der Waals surface area contributed by atoms with Gasteiger partial charge in [-0.25, -0.2) is 4.39 Å². The van der Waals surface area contributed by atoms with Crippen LogP contribution in [0.4, 0.5) is 10.1 Å². The van der Waals surface area contributed by atoms with E-state index in [2.05, 4.69) is 15.5 Å². The van der Waals surface area contributed by atoms with Crippen LogP contribution in [0.2, 0.25) is 0 Å². The number of carbonyl (C=O) groups is 1. The average Bonchev–Trinajstić information content (AvgIpc) is 3.52. The average molecular weight is 425 g/mol. The smallest absolute Gasteiger partial charge is 0.283 e. The summed E-state index contributed by atoms with van der Waals surface area (Å²) < 4.78 is 25.6. The highest BCUT2D eigenvalue weighted by Crippen LogP contribution is 2.27. The van der Waals surface area contributed by atoms with Gasteiger partial charge in [-0.05, 0) is 53.6 Å². The Hall–Kier alpha value is -4.52. The van der Waals surface area contributed by atoms with Crippen molar-refractivity contribution in [3.05, 3.63) is 103 Å². The van der Waals surface area contributed by atoms with Gasteiger partial charge in [0.1, 0.15) is 5.82 Å². The van der Waals surface area contributed by atoms with E-state index >= 15 is 0 Å². The molecule has 0 saturated carbocycles. The summed E-state index contributed by atoms with van der Waals surface area (Å²) in [4.78, 5) is 12.7. The van der Waals surface area contributed by atoms with Crippen molar-refractivity contribution >= 4 is 11.6 Å². The fourth-order valence-corrected chi connectivity index (χ4v) is 3.28. The third-order valence-electron chi connectivity index (χ3n) is 4.85. The number of furan rings is 1. The second-order valence-corrected chi connectivity index (χ2v) is 6.99. The van der Waals surface area contributed by atoms with Crippen molar-refractivity contribution in [3.63, 3.8) is 0 Å². The van der Waals surface area contributed by atoms with Gasteiger partial charge in [0.15, 0.2) is 5.76 Å².